The van der Waals surface area contributed by atoms with Crippen molar-refractivity contribution in [2.75, 3.05) is 0 Å². The average molecular weight is 855 g/mol. The minimum absolute atomic E-state index is 0.443. The van der Waals surface area contributed by atoms with Crippen LogP contribution in [0.1, 0.15) is 22.3 Å². The first-order valence-electron chi connectivity index (χ1n) is 22.4. The predicted molar refractivity (Wildman–Crippen MR) is 268 cm³/mol. The molecule has 0 amide bonds. The van der Waals surface area contributed by atoms with Crippen LogP contribution in [0.5, 0.6) is 0 Å². The first kappa shape index (κ1) is 38.5. The summed E-state index contributed by atoms with van der Waals surface area (Å²) in [5, 5.41) is 0. The van der Waals surface area contributed by atoms with Crippen LogP contribution in [0.15, 0.2) is 232 Å². The minimum atomic E-state index is -0.443. The molecule has 0 saturated carbocycles. The lowest BCUT2D eigenvalue weighted by atomic mass is 9.70. The SMILES string of the molecule is c1cc(-c2cncc(-c3cncnc3)c2)cc(-c2cc(-c3cccc(-c4cncc(-c5cncnc5)c4)c3)cc(-c3cccc4c3-c3ccccc3C43c4ccccc4-c4ccccc43)c2)c1. The maximum Gasteiger partial charge on any atom is 0.115 e. The first-order chi connectivity index (χ1) is 33.2. The Morgan fingerprint density at radius 3 is 1.06 bits per heavy atom. The molecule has 0 saturated heterocycles. The fourth-order valence-electron chi connectivity index (χ4n) is 10.7. The summed E-state index contributed by atoms with van der Waals surface area (Å²) in [6, 6.07) is 62.9. The Balaban J connectivity index is 1.01. The van der Waals surface area contributed by atoms with Gasteiger partial charge >= 0.3 is 0 Å². The van der Waals surface area contributed by atoms with Crippen molar-refractivity contribution >= 4 is 0 Å². The van der Waals surface area contributed by atoms with E-state index in [0.29, 0.717) is 0 Å². The van der Waals surface area contributed by atoms with E-state index in [2.05, 4.69) is 200 Å². The molecular formula is C61H38N6. The fraction of sp³-hybridized carbons (Fsp3) is 0.0164. The lowest BCUT2D eigenvalue weighted by molar-refractivity contribution is 0.794. The van der Waals surface area contributed by atoms with Crippen LogP contribution in [0.4, 0.5) is 0 Å². The van der Waals surface area contributed by atoms with Gasteiger partial charge in [0.2, 0.25) is 0 Å². The van der Waals surface area contributed by atoms with Gasteiger partial charge in [0.15, 0.2) is 0 Å². The molecule has 0 aliphatic heterocycles. The van der Waals surface area contributed by atoms with Gasteiger partial charge in [-0.1, -0.05) is 127 Å². The van der Waals surface area contributed by atoms with Crippen molar-refractivity contribution in [3.05, 3.63) is 254 Å². The molecule has 13 rings (SSSR count). The summed E-state index contributed by atoms with van der Waals surface area (Å²) in [6.45, 7) is 0. The quantitative estimate of drug-likeness (QED) is 0.159. The first-order valence-corrected chi connectivity index (χ1v) is 22.4. The van der Waals surface area contributed by atoms with Crippen LogP contribution in [0.25, 0.3) is 100 Å². The molecule has 67 heavy (non-hydrogen) atoms. The highest BCUT2D eigenvalue weighted by molar-refractivity contribution is 6.01. The molecule has 4 aromatic heterocycles. The van der Waals surface area contributed by atoms with Gasteiger partial charge in [-0.25, -0.2) is 19.9 Å². The van der Waals surface area contributed by atoms with Crippen LogP contribution in [0, 0.1) is 0 Å². The molecule has 0 radical (unpaired) electrons. The van der Waals surface area contributed by atoms with Gasteiger partial charge in [-0.2, -0.15) is 0 Å². The molecule has 1 spiro atoms. The van der Waals surface area contributed by atoms with Gasteiger partial charge in [0, 0.05) is 83.0 Å². The van der Waals surface area contributed by atoms with Crippen molar-refractivity contribution in [2.45, 2.75) is 5.41 Å². The van der Waals surface area contributed by atoms with E-state index in [-0.39, 0.29) is 0 Å². The summed E-state index contributed by atoms with van der Waals surface area (Å²) in [5.41, 5.74) is 24.7. The second-order valence-corrected chi connectivity index (χ2v) is 17.3. The van der Waals surface area contributed by atoms with Gasteiger partial charge in [-0.05, 0) is 131 Å². The number of rotatable bonds is 7. The third-order valence-corrected chi connectivity index (χ3v) is 13.6. The highest BCUT2D eigenvalue weighted by Gasteiger charge is 2.52. The smallest absolute Gasteiger partial charge is 0.115 e. The average Bonchev–Trinajstić information content (AvgIpc) is 3.89. The molecule has 2 aliphatic carbocycles. The minimum Gasteiger partial charge on any atom is -0.263 e. The lowest BCUT2D eigenvalue weighted by Gasteiger charge is -2.30. The van der Waals surface area contributed by atoms with Crippen LogP contribution >= 0.6 is 0 Å². The van der Waals surface area contributed by atoms with Crippen LogP contribution in [0.3, 0.4) is 0 Å². The van der Waals surface area contributed by atoms with E-state index in [1.165, 1.54) is 50.1 Å². The molecule has 0 atom stereocenters. The van der Waals surface area contributed by atoms with Gasteiger partial charge in [-0.3, -0.25) is 9.97 Å². The Morgan fingerprint density at radius 1 is 0.224 bits per heavy atom. The van der Waals surface area contributed by atoms with Gasteiger partial charge in [0.25, 0.3) is 0 Å². The molecule has 11 aromatic rings. The van der Waals surface area contributed by atoms with E-state index < -0.39 is 5.41 Å². The lowest BCUT2D eigenvalue weighted by Crippen LogP contribution is -2.25. The van der Waals surface area contributed by atoms with Crippen molar-refractivity contribution in [1.29, 1.82) is 0 Å². The second-order valence-electron chi connectivity index (χ2n) is 17.3. The Hall–Kier alpha value is -9.00. The number of benzene rings is 7. The van der Waals surface area contributed by atoms with Crippen molar-refractivity contribution in [3.8, 4) is 100 Å². The topological polar surface area (TPSA) is 77.3 Å². The van der Waals surface area contributed by atoms with Crippen LogP contribution < -0.4 is 0 Å². The van der Waals surface area contributed by atoms with Crippen LogP contribution in [-0.4, -0.2) is 29.9 Å². The molecule has 0 fully saturated rings. The molecule has 6 heteroatoms. The Labute approximate surface area is 388 Å². The van der Waals surface area contributed by atoms with Crippen molar-refractivity contribution in [2.24, 2.45) is 0 Å². The Kier molecular flexibility index (Phi) is 8.96. The number of aromatic nitrogens is 6. The van der Waals surface area contributed by atoms with Crippen molar-refractivity contribution < 1.29 is 0 Å². The number of pyridine rings is 2. The highest BCUT2D eigenvalue weighted by atomic mass is 14.8. The zero-order valence-corrected chi connectivity index (χ0v) is 36.1. The van der Waals surface area contributed by atoms with Gasteiger partial charge < -0.3 is 0 Å². The molecule has 2 aliphatic rings. The summed E-state index contributed by atoms with van der Waals surface area (Å²) in [6.07, 6.45) is 18.0. The zero-order valence-electron chi connectivity index (χ0n) is 36.1. The standard InChI is InChI=1S/C61H38N6/c1-4-18-56-53(14-1)54-15-2-5-19-57(54)61(56)58-20-6-3-16-55(58)60-52(17-9-21-59(60)61)45-25-43(39-10-7-12-41(22-39)46-27-48(31-62-29-46)50-33-64-37-65-34-50)24-44(26-45)40-11-8-13-42(23-40)47-28-49(32-63-30-47)51-35-66-38-67-36-51/h1-38H. The number of fused-ring (bicyclic) bond motifs is 10. The van der Waals surface area contributed by atoms with E-state index in [1.807, 2.05) is 49.6 Å². The zero-order chi connectivity index (χ0) is 44.3. The normalized spacial score (nSPS) is 12.6. The van der Waals surface area contributed by atoms with E-state index in [0.717, 1.165) is 72.3 Å². The largest absolute Gasteiger partial charge is 0.263 e. The van der Waals surface area contributed by atoms with E-state index in [4.69, 9.17) is 0 Å². The Bertz CT molecular complexity index is 3520. The Morgan fingerprint density at radius 2 is 0.552 bits per heavy atom. The highest BCUT2D eigenvalue weighted by Crippen LogP contribution is 2.64. The molecular weight excluding hydrogens is 817 g/mol. The van der Waals surface area contributed by atoms with Gasteiger partial charge in [-0.15, -0.1) is 0 Å². The van der Waals surface area contributed by atoms with E-state index in [1.54, 1.807) is 12.7 Å². The summed E-state index contributed by atoms with van der Waals surface area (Å²) in [7, 11) is 0. The molecule has 6 nitrogen and oxygen atoms in total. The van der Waals surface area contributed by atoms with Crippen LogP contribution in [-0.2, 0) is 5.41 Å². The monoisotopic (exact) mass is 854 g/mol. The third-order valence-electron chi connectivity index (χ3n) is 13.6. The molecule has 0 bridgehead atoms. The molecule has 312 valence electrons. The summed E-state index contributed by atoms with van der Waals surface area (Å²) < 4.78 is 0. The van der Waals surface area contributed by atoms with Gasteiger partial charge in [0.05, 0.1) is 5.41 Å². The molecule has 4 heterocycles. The number of hydrogen-bond acceptors (Lipinski definition) is 6. The van der Waals surface area contributed by atoms with Gasteiger partial charge in [0.1, 0.15) is 12.7 Å². The molecule has 0 unspecified atom stereocenters. The number of hydrogen-bond donors (Lipinski definition) is 0. The summed E-state index contributed by atoms with van der Waals surface area (Å²) in [4.78, 5) is 26.3. The predicted octanol–water partition coefficient (Wildman–Crippen LogP) is 14.1. The van der Waals surface area contributed by atoms with Crippen molar-refractivity contribution in [1.82, 2.24) is 29.9 Å². The summed E-state index contributed by atoms with van der Waals surface area (Å²) in [5.74, 6) is 0. The summed E-state index contributed by atoms with van der Waals surface area (Å²) >= 11 is 0. The second kappa shape index (κ2) is 15.6. The fourth-order valence-corrected chi connectivity index (χ4v) is 10.7. The molecule has 0 N–H and O–H groups in total. The maximum absolute atomic E-state index is 4.65. The molecule has 7 aromatic carbocycles. The van der Waals surface area contributed by atoms with E-state index in [9.17, 15) is 0 Å². The van der Waals surface area contributed by atoms with Crippen LogP contribution in [0.2, 0.25) is 0 Å². The van der Waals surface area contributed by atoms with Crippen molar-refractivity contribution in [3.63, 3.8) is 0 Å². The third kappa shape index (κ3) is 6.26. The van der Waals surface area contributed by atoms with E-state index >= 15 is 0 Å². The number of nitrogens with zero attached hydrogens (tertiary/aromatic N) is 6. The maximum atomic E-state index is 4.65.